The third-order valence-corrected chi connectivity index (χ3v) is 4.34. The van der Waals surface area contributed by atoms with E-state index in [9.17, 15) is 26.8 Å². The summed E-state index contributed by atoms with van der Waals surface area (Å²) < 4.78 is 65.8. The number of rotatable bonds is 5. The Morgan fingerprint density at radius 2 is 1.72 bits per heavy atom. The van der Waals surface area contributed by atoms with E-state index in [0.29, 0.717) is 12.8 Å². The van der Waals surface area contributed by atoms with Crippen LogP contribution in [0.5, 0.6) is 0 Å². The van der Waals surface area contributed by atoms with E-state index in [1.807, 2.05) is 0 Å². The lowest BCUT2D eigenvalue weighted by atomic mass is 9.97. The zero-order valence-corrected chi connectivity index (χ0v) is 10.5. The second kappa shape index (κ2) is 6.39. The first-order valence-electron chi connectivity index (χ1n) is 4.88. The van der Waals surface area contributed by atoms with Gasteiger partial charge in [0, 0.05) is 17.3 Å². The van der Waals surface area contributed by atoms with Crippen LogP contribution in [0.4, 0.5) is 13.2 Å². The highest BCUT2D eigenvalue weighted by Gasteiger charge is 2.48. The third kappa shape index (κ3) is 4.55. The predicted molar refractivity (Wildman–Crippen MR) is 51.9 cm³/mol. The monoisotopic (exact) mass is 311 g/mol. The maximum atomic E-state index is 12.0. The zero-order chi connectivity index (χ0) is 13.8. The Hall–Kier alpha value is -0.0700. The van der Waals surface area contributed by atoms with E-state index in [1.165, 1.54) is 0 Å². The fourth-order valence-electron chi connectivity index (χ4n) is 1.53. The molecule has 1 aliphatic carbocycles. The highest BCUT2D eigenvalue weighted by atomic mass is 32.2. The van der Waals surface area contributed by atoms with Gasteiger partial charge in [0.25, 0.3) is 0 Å². The van der Waals surface area contributed by atoms with Crippen LogP contribution in [0.15, 0.2) is 0 Å². The summed E-state index contributed by atoms with van der Waals surface area (Å²) in [6.07, 6.45) is 0.00403. The molecule has 1 fully saturated rings. The van der Waals surface area contributed by atoms with Crippen LogP contribution in [0.3, 0.4) is 0 Å². The first-order chi connectivity index (χ1) is 8.26. The lowest BCUT2D eigenvalue weighted by Gasteiger charge is -2.27. The molecule has 6 nitrogen and oxygen atoms in total. The van der Waals surface area contributed by atoms with Crippen molar-refractivity contribution in [3.05, 3.63) is 0 Å². The Morgan fingerprint density at radius 3 is 2.17 bits per heavy atom. The molecule has 0 amide bonds. The molecule has 0 aromatic carbocycles. The summed E-state index contributed by atoms with van der Waals surface area (Å²) in [7, 11) is -5.54. The lowest BCUT2D eigenvalue weighted by Crippen LogP contribution is -2.32. The Bertz CT molecular complexity index is 349. The number of hydrogen-bond donors (Lipinski definition) is 0. The summed E-state index contributed by atoms with van der Waals surface area (Å²) in [6, 6.07) is 0. The van der Waals surface area contributed by atoms with Crippen LogP contribution in [0.2, 0.25) is 0 Å². The predicted octanol–water partition coefficient (Wildman–Crippen LogP) is 1.04. The molecule has 0 aliphatic heterocycles. The molecule has 0 bridgehead atoms. The Morgan fingerprint density at radius 1 is 1.17 bits per heavy atom. The van der Waals surface area contributed by atoms with Crippen LogP contribution < -0.4 is 5.26 Å². The second-order valence-electron chi connectivity index (χ2n) is 3.63. The SMILES string of the molecule is O=S(=O)(OC1CCC(SOO[O-])CC1)C(F)(F)F. The minimum absolute atomic E-state index is 0.132. The molecule has 0 heterocycles. The van der Waals surface area contributed by atoms with Gasteiger partial charge in [-0.3, -0.25) is 9.22 Å². The van der Waals surface area contributed by atoms with Gasteiger partial charge in [0.1, 0.15) is 0 Å². The smallest absolute Gasteiger partial charge is 0.523 e. The largest absolute Gasteiger partial charge is 0.691 e. The minimum atomic E-state index is -5.54. The van der Waals surface area contributed by atoms with E-state index in [2.05, 4.69) is 13.6 Å². The molecule has 18 heavy (non-hydrogen) atoms. The molecule has 108 valence electrons. The van der Waals surface area contributed by atoms with Gasteiger partial charge < -0.3 is 5.26 Å². The van der Waals surface area contributed by atoms with Crippen molar-refractivity contribution in [1.29, 1.82) is 0 Å². The number of hydrogen-bond acceptors (Lipinski definition) is 7. The molecule has 0 N–H and O–H groups in total. The quantitative estimate of drug-likeness (QED) is 0.246. The molecule has 1 saturated carbocycles. The highest BCUT2D eigenvalue weighted by Crippen LogP contribution is 2.33. The molecule has 0 saturated heterocycles. The molecule has 0 aromatic heterocycles. The lowest BCUT2D eigenvalue weighted by molar-refractivity contribution is -0.777. The molecule has 0 unspecified atom stereocenters. The van der Waals surface area contributed by atoms with E-state index in [1.54, 1.807) is 0 Å². The van der Waals surface area contributed by atoms with E-state index in [0.717, 1.165) is 12.0 Å². The molecule has 1 rings (SSSR count). The average Bonchev–Trinajstić information content (AvgIpc) is 2.26. The van der Waals surface area contributed by atoms with Gasteiger partial charge in [-0.15, -0.1) is 0 Å². The van der Waals surface area contributed by atoms with Gasteiger partial charge in [0.05, 0.1) is 6.10 Å². The second-order valence-corrected chi connectivity index (χ2v) is 6.19. The number of alkyl halides is 3. The van der Waals surface area contributed by atoms with Crippen molar-refractivity contribution in [3.63, 3.8) is 0 Å². The van der Waals surface area contributed by atoms with Gasteiger partial charge >= 0.3 is 15.6 Å². The maximum Gasteiger partial charge on any atom is 0.523 e. The molecule has 11 heteroatoms. The standard InChI is InChI=1S/C7H11F3O6S2/c8-7(9,10)18(12,13)14-5-1-3-6(4-2-5)17-16-15-11/h5-6,11H,1-4H2/p-1. The maximum absolute atomic E-state index is 12.0. The molecule has 0 atom stereocenters. The van der Waals surface area contributed by atoms with Crippen molar-refractivity contribution in [2.45, 2.75) is 42.5 Å². The van der Waals surface area contributed by atoms with Gasteiger partial charge in [-0.25, -0.2) is 0 Å². The fourth-order valence-corrected chi connectivity index (χ4v) is 2.80. The first-order valence-corrected chi connectivity index (χ1v) is 7.09. The summed E-state index contributed by atoms with van der Waals surface area (Å²) in [5.41, 5.74) is -5.40. The Balaban J connectivity index is 2.40. The van der Waals surface area contributed by atoms with Crippen LogP contribution >= 0.6 is 12.0 Å². The van der Waals surface area contributed by atoms with Crippen LogP contribution in [0.25, 0.3) is 0 Å². The zero-order valence-electron chi connectivity index (χ0n) is 8.88. The van der Waals surface area contributed by atoms with Crippen LogP contribution in [-0.4, -0.2) is 25.3 Å². The van der Waals surface area contributed by atoms with Crippen molar-refractivity contribution >= 4 is 22.2 Å². The van der Waals surface area contributed by atoms with Crippen molar-refractivity contribution in [1.82, 2.24) is 0 Å². The van der Waals surface area contributed by atoms with Crippen LogP contribution in [0.1, 0.15) is 25.7 Å². The van der Waals surface area contributed by atoms with Crippen molar-refractivity contribution in [2.75, 3.05) is 0 Å². The van der Waals surface area contributed by atoms with E-state index in [-0.39, 0.29) is 18.1 Å². The summed E-state index contributed by atoms with van der Waals surface area (Å²) in [6.45, 7) is 0. The van der Waals surface area contributed by atoms with Gasteiger partial charge in [-0.2, -0.15) is 25.9 Å². The van der Waals surface area contributed by atoms with E-state index < -0.39 is 21.7 Å². The minimum Gasteiger partial charge on any atom is -0.691 e. The topological polar surface area (TPSA) is 84.9 Å². The van der Waals surface area contributed by atoms with E-state index >= 15 is 0 Å². The van der Waals surface area contributed by atoms with Gasteiger partial charge in [-0.05, 0) is 25.7 Å². The molecule has 0 spiro atoms. The number of halogens is 3. The molecule has 0 aromatic rings. The Labute approximate surface area is 106 Å². The van der Waals surface area contributed by atoms with E-state index in [4.69, 9.17) is 0 Å². The van der Waals surface area contributed by atoms with Crippen LogP contribution in [0, 0.1) is 0 Å². The van der Waals surface area contributed by atoms with Crippen LogP contribution in [-0.2, 0) is 23.7 Å². The van der Waals surface area contributed by atoms with Gasteiger partial charge in [0.2, 0.25) is 0 Å². The molecular formula is C7H10F3O6S2-. The average molecular weight is 311 g/mol. The van der Waals surface area contributed by atoms with Crippen molar-refractivity contribution in [2.24, 2.45) is 0 Å². The molecule has 0 radical (unpaired) electrons. The summed E-state index contributed by atoms with van der Waals surface area (Å²) in [4.78, 5) is 0. The molecule has 1 aliphatic rings. The normalized spacial score (nSPS) is 26.2. The third-order valence-electron chi connectivity index (χ3n) is 2.37. The van der Waals surface area contributed by atoms with Crippen molar-refractivity contribution < 1.29 is 40.4 Å². The van der Waals surface area contributed by atoms with Gasteiger partial charge in [-0.1, -0.05) is 0 Å². The summed E-state index contributed by atoms with van der Waals surface area (Å²) >= 11 is 0.761. The highest BCUT2D eigenvalue weighted by molar-refractivity contribution is 7.95. The van der Waals surface area contributed by atoms with Crippen molar-refractivity contribution in [3.8, 4) is 0 Å². The van der Waals surface area contributed by atoms with Gasteiger partial charge in [0.15, 0.2) is 0 Å². The summed E-state index contributed by atoms with van der Waals surface area (Å²) in [5, 5.41) is 12.6. The first kappa shape index (κ1) is 16.0. The Kier molecular flexibility index (Phi) is 5.67. The summed E-state index contributed by atoms with van der Waals surface area (Å²) in [5.74, 6) is 0. The molecular weight excluding hydrogens is 301 g/mol. The fraction of sp³-hybridized carbons (Fsp3) is 1.00.